The van der Waals surface area contributed by atoms with Gasteiger partial charge in [0.15, 0.2) is 4.34 Å². The zero-order valence-corrected chi connectivity index (χ0v) is 11.8. The van der Waals surface area contributed by atoms with Crippen LogP contribution in [0.25, 0.3) is 11.3 Å². The highest BCUT2D eigenvalue weighted by Crippen LogP contribution is 2.30. The second kappa shape index (κ2) is 6.02. The van der Waals surface area contributed by atoms with Gasteiger partial charge in [0.2, 0.25) is 5.91 Å². The Balaban J connectivity index is 2.09. The van der Waals surface area contributed by atoms with Crippen LogP contribution in [0.1, 0.15) is 6.92 Å². The molecule has 2 aromatic rings. The monoisotopic (exact) mass is 278 g/mol. The van der Waals surface area contributed by atoms with Crippen LogP contribution in [0.15, 0.2) is 40.1 Å². The molecule has 1 amide bonds. The third-order valence-corrected chi connectivity index (χ3v) is 4.52. The molecule has 5 heteroatoms. The smallest absolute Gasteiger partial charge is 0.233 e. The normalized spacial score (nSPS) is 12.1. The third kappa shape index (κ3) is 3.11. The molecule has 1 N–H and O–H groups in total. The number of hydrogen-bond acceptors (Lipinski definition) is 4. The molecule has 1 aromatic heterocycles. The van der Waals surface area contributed by atoms with Crippen LogP contribution < -0.4 is 5.32 Å². The van der Waals surface area contributed by atoms with Crippen molar-refractivity contribution in [1.29, 1.82) is 0 Å². The van der Waals surface area contributed by atoms with E-state index in [1.807, 2.05) is 42.6 Å². The maximum atomic E-state index is 11.4. The number of aromatic nitrogens is 1. The van der Waals surface area contributed by atoms with Crippen molar-refractivity contribution in [2.24, 2.45) is 0 Å². The molecule has 18 heavy (non-hydrogen) atoms. The molecular formula is C13H14N2OS2. The molecule has 0 spiro atoms. The zero-order valence-electron chi connectivity index (χ0n) is 10.2. The molecular weight excluding hydrogens is 264 g/mol. The molecule has 0 bridgehead atoms. The maximum Gasteiger partial charge on any atom is 0.233 e. The van der Waals surface area contributed by atoms with E-state index in [2.05, 4.69) is 10.3 Å². The lowest BCUT2D eigenvalue weighted by Crippen LogP contribution is -2.27. The molecule has 94 valence electrons. The van der Waals surface area contributed by atoms with E-state index in [-0.39, 0.29) is 11.2 Å². The Labute approximate surface area is 115 Å². The van der Waals surface area contributed by atoms with E-state index in [0.29, 0.717) is 0 Å². The van der Waals surface area contributed by atoms with E-state index >= 15 is 0 Å². The van der Waals surface area contributed by atoms with E-state index < -0.39 is 0 Å². The third-order valence-electron chi connectivity index (χ3n) is 2.45. The van der Waals surface area contributed by atoms with E-state index in [0.717, 1.165) is 15.6 Å². The largest absolute Gasteiger partial charge is 0.358 e. The van der Waals surface area contributed by atoms with Crippen LogP contribution in [0.4, 0.5) is 0 Å². The first kappa shape index (κ1) is 13.1. The highest BCUT2D eigenvalue weighted by atomic mass is 32.2. The fourth-order valence-electron chi connectivity index (χ4n) is 1.46. The summed E-state index contributed by atoms with van der Waals surface area (Å²) < 4.78 is 0.921. The van der Waals surface area contributed by atoms with Gasteiger partial charge >= 0.3 is 0 Å². The highest BCUT2D eigenvalue weighted by molar-refractivity contribution is 8.02. The zero-order chi connectivity index (χ0) is 13.0. The molecule has 0 radical (unpaired) electrons. The summed E-state index contributed by atoms with van der Waals surface area (Å²) in [5, 5.41) is 4.54. The topological polar surface area (TPSA) is 42.0 Å². The molecule has 0 saturated heterocycles. The summed E-state index contributed by atoms with van der Waals surface area (Å²) in [6.45, 7) is 1.88. The molecule has 0 fully saturated rings. The molecule has 3 nitrogen and oxygen atoms in total. The number of amides is 1. The Morgan fingerprint density at radius 2 is 2.11 bits per heavy atom. The number of thiazole rings is 1. The van der Waals surface area contributed by atoms with Crippen LogP contribution in [-0.4, -0.2) is 23.2 Å². The van der Waals surface area contributed by atoms with Crippen LogP contribution in [-0.2, 0) is 4.79 Å². The molecule has 1 atom stereocenters. The SMILES string of the molecule is CNC(=O)[C@@H](C)Sc1nc(-c2ccccc2)cs1. The number of carbonyl (C=O) groups excluding carboxylic acids is 1. The van der Waals surface area contributed by atoms with Crippen molar-refractivity contribution in [1.82, 2.24) is 10.3 Å². The number of thioether (sulfide) groups is 1. The molecule has 0 saturated carbocycles. The van der Waals surface area contributed by atoms with E-state index in [9.17, 15) is 4.79 Å². The highest BCUT2D eigenvalue weighted by Gasteiger charge is 2.15. The van der Waals surface area contributed by atoms with Crippen LogP contribution >= 0.6 is 23.1 Å². The summed E-state index contributed by atoms with van der Waals surface area (Å²) in [7, 11) is 1.65. The van der Waals surface area contributed by atoms with Gasteiger partial charge in [-0.2, -0.15) is 0 Å². The lowest BCUT2D eigenvalue weighted by Gasteiger charge is -2.06. The number of carbonyl (C=O) groups is 1. The molecule has 2 rings (SSSR count). The number of benzene rings is 1. The van der Waals surface area contributed by atoms with Gasteiger partial charge in [0.25, 0.3) is 0 Å². The minimum Gasteiger partial charge on any atom is -0.358 e. The van der Waals surface area contributed by atoms with Gasteiger partial charge in [-0.3, -0.25) is 4.79 Å². The Morgan fingerprint density at radius 3 is 2.78 bits per heavy atom. The molecule has 1 aromatic carbocycles. The van der Waals surface area contributed by atoms with Gasteiger partial charge in [0.05, 0.1) is 10.9 Å². The Kier molecular flexibility index (Phi) is 4.38. The van der Waals surface area contributed by atoms with Gasteiger partial charge in [0, 0.05) is 18.0 Å². The number of nitrogens with zero attached hydrogens (tertiary/aromatic N) is 1. The molecule has 1 heterocycles. The summed E-state index contributed by atoms with van der Waals surface area (Å²) in [6.07, 6.45) is 0. The van der Waals surface area contributed by atoms with Gasteiger partial charge in [-0.05, 0) is 6.92 Å². The lowest BCUT2D eigenvalue weighted by molar-refractivity contribution is -0.119. The quantitative estimate of drug-likeness (QED) is 0.874. The fourth-order valence-corrected chi connectivity index (χ4v) is 3.49. The maximum absolute atomic E-state index is 11.4. The Morgan fingerprint density at radius 1 is 1.39 bits per heavy atom. The molecule has 0 unspecified atom stereocenters. The van der Waals surface area contributed by atoms with Crippen molar-refractivity contribution < 1.29 is 4.79 Å². The number of rotatable bonds is 4. The van der Waals surface area contributed by atoms with Crippen molar-refractivity contribution in [2.75, 3.05) is 7.05 Å². The summed E-state index contributed by atoms with van der Waals surface area (Å²) in [5.74, 6) is 0.0245. The molecule has 0 aliphatic heterocycles. The van der Waals surface area contributed by atoms with Crippen molar-refractivity contribution in [3.05, 3.63) is 35.7 Å². The van der Waals surface area contributed by atoms with E-state index in [1.165, 1.54) is 11.8 Å². The van der Waals surface area contributed by atoms with Crippen LogP contribution in [0.3, 0.4) is 0 Å². The summed E-state index contributed by atoms with van der Waals surface area (Å²) in [4.78, 5) is 16.0. The number of hydrogen-bond donors (Lipinski definition) is 1. The van der Waals surface area contributed by atoms with Gasteiger partial charge < -0.3 is 5.32 Å². The predicted molar refractivity (Wildman–Crippen MR) is 76.9 cm³/mol. The summed E-state index contributed by atoms with van der Waals surface area (Å²) in [5.41, 5.74) is 2.07. The molecule has 0 aliphatic carbocycles. The first-order chi connectivity index (χ1) is 8.70. The van der Waals surface area contributed by atoms with Gasteiger partial charge in [-0.25, -0.2) is 4.98 Å². The van der Waals surface area contributed by atoms with E-state index in [4.69, 9.17) is 0 Å². The summed E-state index contributed by atoms with van der Waals surface area (Å²) in [6, 6.07) is 10.0. The average molecular weight is 278 g/mol. The van der Waals surface area contributed by atoms with E-state index in [1.54, 1.807) is 18.4 Å². The van der Waals surface area contributed by atoms with Crippen molar-refractivity contribution >= 4 is 29.0 Å². The first-order valence-corrected chi connectivity index (χ1v) is 7.36. The van der Waals surface area contributed by atoms with Crippen LogP contribution in [0.5, 0.6) is 0 Å². The second-order valence-corrected chi connectivity index (χ2v) is 6.19. The average Bonchev–Trinajstić information content (AvgIpc) is 2.87. The lowest BCUT2D eigenvalue weighted by atomic mass is 10.2. The Bertz CT molecular complexity index is 525. The predicted octanol–water partition coefficient (Wildman–Crippen LogP) is 3.04. The summed E-state index contributed by atoms with van der Waals surface area (Å²) >= 11 is 3.06. The van der Waals surface area contributed by atoms with Crippen molar-refractivity contribution in [3.63, 3.8) is 0 Å². The van der Waals surface area contributed by atoms with Crippen LogP contribution in [0, 0.1) is 0 Å². The van der Waals surface area contributed by atoms with Crippen LogP contribution in [0.2, 0.25) is 0 Å². The first-order valence-electron chi connectivity index (χ1n) is 5.60. The fraction of sp³-hybridized carbons (Fsp3) is 0.231. The second-order valence-electron chi connectivity index (χ2n) is 3.74. The van der Waals surface area contributed by atoms with Gasteiger partial charge in [0.1, 0.15) is 0 Å². The number of nitrogens with one attached hydrogen (secondary N) is 1. The Hall–Kier alpha value is -1.33. The van der Waals surface area contributed by atoms with Gasteiger partial charge in [-0.1, -0.05) is 42.1 Å². The molecule has 0 aliphatic rings. The van der Waals surface area contributed by atoms with Gasteiger partial charge in [-0.15, -0.1) is 11.3 Å². The minimum atomic E-state index is -0.121. The minimum absolute atomic E-state index is 0.0245. The van der Waals surface area contributed by atoms with Crippen molar-refractivity contribution in [2.45, 2.75) is 16.5 Å². The standard InChI is InChI=1S/C13H14N2OS2/c1-9(12(16)14-2)18-13-15-11(8-17-13)10-6-4-3-5-7-10/h3-9H,1-2H3,(H,14,16)/t9-/m1/s1. The van der Waals surface area contributed by atoms with Crippen molar-refractivity contribution in [3.8, 4) is 11.3 Å².